The molecule has 0 aliphatic carbocycles. The number of nitrogen functional groups attached to an aromatic ring is 1. The lowest BCUT2D eigenvalue weighted by atomic mass is 10.2. The van der Waals surface area contributed by atoms with Gasteiger partial charge in [0, 0.05) is 15.4 Å². The minimum absolute atomic E-state index is 0.260. The van der Waals surface area contributed by atoms with Crippen LogP contribution in [-0.4, -0.2) is 11.2 Å². The Labute approximate surface area is 156 Å². The average molecular weight is 421 g/mol. The van der Waals surface area contributed by atoms with Gasteiger partial charge in [0.1, 0.15) is 24.0 Å². The van der Waals surface area contributed by atoms with Gasteiger partial charge in [-0.3, -0.25) is 5.43 Å². The van der Waals surface area contributed by atoms with Gasteiger partial charge in [-0.05, 0) is 35.9 Å². The van der Waals surface area contributed by atoms with Crippen molar-refractivity contribution < 1.29 is 9.13 Å². The van der Waals surface area contributed by atoms with Gasteiger partial charge < -0.3 is 10.5 Å². The van der Waals surface area contributed by atoms with Crippen LogP contribution in [0.15, 0.2) is 57.4 Å². The van der Waals surface area contributed by atoms with Gasteiger partial charge in [0.15, 0.2) is 0 Å². The lowest BCUT2D eigenvalue weighted by molar-refractivity contribution is 0.305. The first-order valence-corrected chi connectivity index (χ1v) is 8.94. The van der Waals surface area contributed by atoms with Gasteiger partial charge in [-0.1, -0.05) is 28.1 Å². The minimum atomic E-state index is -0.295. The number of hydrogen-bond donors (Lipinski definition) is 2. The van der Waals surface area contributed by atoms with E-state index in [9.17, 15) is 4.39 Å². The van der Waals surface area contributed by atoms with Gasteiger partial charge in [0.2, 0.25) is 5.13 Å². The van der Waals surface area contributed by atoms with E-state index in [0.29, 0.717) is 16.7 Å². The molecule has 0 aliphatic rings. The molecule has 2 aromatic carbocycles. The Morgan fingerprint density at radius 3 is 3.00 bits per heavy atom. The van der Waals surface area contributed by atoms with E-state index in [1.165, 1.54) is 23.5 Å². The molecule has 128 valence electrons. The van der Waals surface area contributed by atoms with E-state index in [4.69, 9.17) is 10.5 Å². The highest BCUT2D eigenvalue weighted by Crippen LogP contribution is 2.21. The summed E-state index contributed by atoms with van der Waals surface area (Å²) in [6.07, 6.45) is 1.66. The standard InChI is InChI=1S/C17H14BrFN4OS/c18-15-5-4-13(19)7-12(15)9-24-14-3-1-2-11(6-14)8-21-23-17-22-16(20)10-25-17/h1-8,10H,9,20H2,(H,22,23). The van der Waals surface area contributed by atoms with Gasteiger partial charge in [-0.25, -0.2) is 9.37 Å². The van der Waals surface area contributed by atoms with Crippen molar-refractivity contribution in [2.24, 2.45) is 5.10 Å². The summed E-state index contributed by atoms with van der Waals surface area (Å²) >= 11 is 4.76. The molecule has 0 radical (unpaired) electrons. The fraction of sp³-hybridized carbons (Fsp3) is 0.0588. The predicted molar refractivity (Wildman–Crippen MR) is 103 cm³/mol. The zero-order chi connectivity index (χ0) is 17.6. The Morgan fingerprint density at radius 2 is 2.20 bits per heavy atom. The smallest absolute Gasteiger partial charge is 0.205 e. The number of thiazole rings is 1. The normalized spacial score (nSPS) is 11.0. The van der Waals surface area contributed by atoms with Crippen molar-refractivity contribution in [3.8, 4) is 5.75 Å². The van der Waals surface area contributed by atoms with Gasteiger partial charge in [0.05, 0.1) is 6.21 Å². The third kappa shape index (κ3) is 5.01. The topological polar surface area (TPSA) is 72.5 Å². The number of hydrazone groups is 1. The van der Waals surface area contributed by atoms with Crippen molar-refractivity contribution in [1.29, 1.82) is 0 Å². The van der Waals surface area contributed by atoms with Crippen molar-refractivity contribution in [2.75, 3.05) is 11.2 Å². The van der Waals surface area contributed by atoms with Crippen LogP contribution >= 0.6 is 27.3 Å². The highest BCUT2D eigenvalue weighted by Gasteiger charge is 2.03. The first-order chi connectivity index (χ1) is 12.1. The number of anilines is 2. The van der Waals surface area contributed by atoms with E-state index in [-0.39, 0.29) is 12.4 Å². The molecular weight excluding hydrogens is 407 g/mol. The van der Waals surface area contributed by atoms with Crippen LogP contribution in [0.1, 0.15) is 11.1 Å². The molecule has 1 heterocycles. The lowest BCUT2D eigenvalue weighted by Crippen LogP contribution is -1.98. The van der Waals surface area contributed by atoms with Crippen molar-refractivity contribution >= 4 is 44.4 Å². The maximum atomic E-state index is 13.3. The summed E-state index contributed by atoms with van der Waals surface area (Å²) in [4.78, 5) is 4.05. The lowest BCUT2D eigenvalue weighted by Gasteiger charge is -2.08. The molecule has 3 N–H and O–H groups in total. The number of nitrogens with two attached hydrogens (primary N) is 1. The molecule has 0 atom stereocenters. The summed E-state index contributed by atoms with van der Waals surface area (Å²) in [5.41, 5.74) is 9.95. The third-order valence-corrected chi connectivity index (χ3v) is 4.69. The molecule has 0 saturated heterocycles. The average Bonchev–Trinajstić information content (AvgIpc) is 3.01. The SMILES string of the molecule is Nc1csc(NN=Cc2cccc(OCc3cc(F)ccc3Br)c2)n1. The van der Waals surface area contributed by atoms with Crippen LogP contribution in [-0.2, 0) is 6.61 Å². The number of benzene rings is 2. The van der Waals surface area contributed by atoms with E-state index >= 15 is 0 Å². The molecule has 0 aliphatic heterocycles. The van der Waals surface area contributed by atoms with Crippen LogP contribution in [0.3, 0.4) is 0 Å². The van der Waals surface area contributed by atoms with Crippen molar-refractivity contribution in [1.82, 2.24) is 4.98 Å². The summed E-state index contributed by atoms with van der Waals surface area (Å²) < 4.78 is 19.8. The fourth-order valence-electron chi connectivity index (χ4n) is 2.00. The number of hydrogen-bond acceptors (Lipinski definition) is 6. The van der Waals surface area contributed by atoms with Crippen molar-refractivity contribution in [3.05, 3.63) is 69.3 Å². The molecule has 5 nitrogen and oxygen atoms in total. The van der Waals surface area contributed by atoms with Gasteiger partial charge in [-0.2, -0.15) is 5.10 Å². The highest BCUT2D eigenvalue weighted by molar-refractivity contribution is 9.10. The molecule has 3 aromatic rings. The molecular formula is C17H14BrFN4OS. The molecule has 25 heavy (non-hydrogen) atoms. The molecule has 1 aromatic heterocycles. The quantitative estimate of drug-likeness (QED) is 0.449. The molecule has 0 fully saturated rings. The number of aromatic nitrogens is 1. The van der Waals surface area contributed by atoms with Gasteiger partial charge in [0.25, 0.3) is 0 Å². The molecule has 8 heteroatoms. The largest absolute Gasteiger partial charge is 0.489 e. The first kappa shape index (κ1) is 17.4. The number of nitrogens with one attached hydrogen (secondary N) is 1. The van der Waals surface area contributed by atoms with E-state index in [1.54, 1.807) is 17.7 Å². The van der Waals surface area contributed by atoms with E-state index in [0.717, 1.165) is 15.6 Å². The van der Waals surface area contributed by atoms with Crippen molar-refractivity contribution in [2.45, 2.75) is 6.61 Å². The zero-order valence-corrected chi connectivity index (χ0v) is 15.3. The van der Waals surface area contributed by atoms with Crippen molar-refractivity contribution in [3.63, 3.8) is 0 Å². The number of rotatable bonds is 6. The second-order valence-electron chi connectivity index (χ2n) is 5.04. The van der Waals surface area contributed by atoms with Crippen LogP contribution in [0, 0.1) is 5.82 Å². The first-order valence-electron chi connectivity index (χ1n) is 7.27. The summed E-state index contributed by atoms with van der Waals surface area (Å²) in [5, 5.41) is 6.47. The Bertz CT molecular complexity index is 900. The number of ether oxygens (including phenoxy) is 1. The Kier molecular flexibility index (Phi) is 5.62. The van der Waals surface area contributed by atoms with Crippen LogP contribution in [0.5, 0.6) is 5.75 Å². The minimum Gasteiger partial charge on any atom is -0.489 e. The van der Waals surface area contributed by atoms with Gasteiger partial charge >= 0.3 is 0 Å². The Hall–Kier alpha value is -2.45. The maximum absolute atomic E-state index is 13.3. The summed E-state index contributed by atoms with van der Waals surface area (Å²) in [6, 6.07) is 11.9. The summed E-state index contributed by atoms with van der Waals surface area (Å²) in [5.74, 6) is 0.830. The Morgan fingerprint density at radius 1 is 1.32 bits per heavy atom. The van der Waals surface area contributed by atoms with Crippen LogP contribution in [0.25, 0.3) is 0 Å². The summed E-state index contributed by atoms with van der Waals surface area (Å²) in [7, 11) is 0. The number of halogens is 2. The highest BCUT2D eigenvalue weighted by atomic mass is 79.9. The van der Waals surface area contributed by atoms with E-state index < -0.39 is 0 Å². The fourth-order valence-corrected chi connectivity index (χ4v) is 2.91. The molecule has 0 spiro atoms. The Balaban J connectivity index is 1.62. The van der Waals surface area contributed by atoms with E-state index in [1.807, 2.05) is 24.3 Å². The monoisotopic (exact) mass is 420 g/mol. The van der Waals surface area contributed by atoms with Gasteiger partial charge in [-0.15, -0.1) is 11.3 Å². The van der Waals surface area contributed by atoms with Crippen LogP contribution < -0.4 is 15.9 Å². The molecule has 0 bridgehead atoms. The number of nitrogens with zero attached hydrogens (tertiary/aromatic N) is 2. The van der Waals surface area contributed by atoms with E-state index in [2.05, 4.69) is 31.4 Å². The van der Waals surface area contributed by atoms with Crippen LogP contribution in [0.4, 0.5) is 15.3 Å². The predicted octanol–water partition coefficient (Wildman–Crippen LogP) is 4.65. The molecule has 0 unspecified atom stereocenters. The summed E-state index contributed by atoms with van der Waals surface area (Å²) in [6.45, 7) is 0.260. The zero-order valence-electron chi connectivity index (χ0n) is 12.9. The second kappa shape index (κ2) is 8.09. The maximum Gasteiger partial charge on any atom is 0.205 e. The van der Waals surface area contributed by atoms with Crippen LogP contribution in [0.2, 0.25) is 0 Å². The molecule has 3 rings (SSSR count). The second-order valence-corrected chi connectivity index (χ2v) is 6.76. The molecule has 0 amide bonds. The molecule has 0 saturated carbocycles. The third-order valence-electron chi connectivity index (χ3n) is 3.16.